The van der Waals surface area contributed by atoms with Gasteiger partial charge in [-0.2, -0.15) is 0 Å². The maximum absolute atomic E-state index is 14.2. The second-order valence-corrected chi connectivity index (χ2v) is 11.5. The van der Waals surface area contributed by atoms with Crippen molar-refractivity contribution in [3.8, 4) is 17.1 Å². The number of halogens is 1. The molecule has 0 fully saturated rings. The normalized spacial score (nSPS) is 14.7. The van der Waals surface area contributed by atoms with Gasteiger partial charge in [0.25, 0.3) is 5.56 Å². The Hall–Kier alpha value is -4.93. The van der Waals surface area contributed by atoms with Crippen LogP contribution in [0, 0.1) is 0 Å². The van der Waals surface area contributed by atoms with E-state index in [1.165, 1.54) is 23.0 Å². The molecule has 2 aromatic heterocycles. The van der Waals surface area contributed by atoms with Crippen molar-refractivity contribution >= 4 is 51.7 Å². The van der Waals surface area contributed by atoms with Crippen molar-refractivity contribution in [3.05, 3.63) is 120 Å². The lowest BCUT2D eigenvalue weighted by Crippen LogP contribution is -2.40. The van der Waals surface area contributed by atoms with Crippen LogP contribution in [0.4, 0.5) is 0 Å². The molecule has 11 heteroatoms. The number of nitrogens with zero attached hydrogens (tertiary/aromatic N) is 2. The molecule has 1 aliphatic heterocycles. The number of fused-ring (bicyclic) bond motifs is 2. The summed E-state index contributed by atoms with van der Waals surface area (Å²) in [5.74, 6) is 0.275. The van der Waals surface area contributed by atoms with Gasteiger partial charge in [-0.1, -0.05) is 53.3 Å². The summed E-state index contributed by atoms with van der Waals surface area (Å²) in [7, 11) is 2.84. The van der Waals surface area contributed by atoms with Gasteiger partial charge in [0.15, 0.2) is 4.80 Å². The standard InChI is InChI=1S/C34H27ClN2O7S/c1-5-43-33(40)28-18(2)36-34-37(30(28)29-22-9-7-6-8-19(22)11-14-26(29)41-3)31(38)27(45-34)17-21-12-15-25(44-21)20-10-13-24(35)23(16-20)32(39)42-4/h6-17,30H,5H2,1-4H3/b27-17-/t30-/m0/s1. The van der Waals surface area contributed by atoms with Gasteiger partial charge in [0.2, 0.25) is 0 Å². The SMILES string of the molecule is CCOC(=O)C1=C(C)N=c2s/c(=C\c3ccc(-c4ccc(Cl)c(C(=O)OC)c4)o3)c(=O)n2[C@@H]1c1c(OC)ccc2ccccc12. The summed E-state index contributed by atoms with van der Waals surface area (Å²) >= 11 is 7.36. The molecule has 228 valence electrons. The van der Waals surface area contributed by atoms with Gasteiger partial charge in [-0.05, 0) is 61.0 Å². The summed E-state index contributed by atoms with van der Waals surface area (Å²) in [6.07, 6.45) is 1.63. The number of furan rings is 1. The van der Waals surface area contributed by atoms with Crippen LogP contribution in [0.1, 0.15) is 41.6 Å². The zero-order chi connectivity index (χ0) is 31.8. The number of carbonyl (C=O) groups excluding carboxylic acids is 2. The topological polar surface area (TPSA) is 109 Å². The Labute approximate surface area is 266 Å². The number of rotatable bonds is 7. The molecule has 0 bridgehead atoms. The fraction of sp³-hybridized carbons (Fsp3) is 0.176. The molecule has 0 N–H and O–H groups in total. The van der Waals surface area contributed by atoms with Crippen molar-refractivity contribution in [2.45, 2.75) is 19.9 Å². The second-order valence-electron chi connectivity index (χ2n) is 10.1. The number of hydrogen-bond donors (Lipinski definition) is 0. The first-order valence-corrected chi connectivity index (χ1v) is 15.2. The number of hydrogen-bond acceptors (Lipinski definition) is 9. The van der Waals surface area contributed by atoms with E-state index in [0.29, 0.717) is 43.4 Å². The molecule has 3 aromatic carbocycles. The lowest BCUT2D eigenvalue weighted by molar-refractivity contribution is -0.139. The lowest BCUT2D eigenvalue weighted by Gasteiger charge is -2.27. The molecule has 0 aliphatic carbocycles. The lowest BCUT2D eigenvalue weighted by atomic mass is 9.90. The van der Waals surface area contributed by atoms with Crippen LogP contribution in [-0.2, 0) is 14.3 Å². The average molecular weight is 643 g/mol. The van der Waals surface area contributed by atoms with Gasteiger partial charge < -0.3 is 18.6 Å². The van der Waals surface area contributed by atoms with Crippen molar-refractivity contribution in [2.24, 2.45) is 4.99 Å². The molecule has 0 saturated heterocycles. The molecule has 0 spiro atoms. The van der Waals surface area contributed by atoms with E-state index in [4.69, 9.17) is 30.2 Å². The monoisotopic (exact) mass is 642 g/mol. The van der Waals surface area contributed by atoms with Crippen LogP contribution >= 0.6 is 22.9 Å². The quantitative estimate of drug-likeness (QED) is 0.211. The Kier molecular flexibility index (Phi) is 8.18. The average Bonchev–Trinajstić information content (AvgIpc) is 3.63. The van der Waals surface area contributed by atoms with Crippen LogP contribution in [0.25, 0.3) is 28.2 Å². The summed E-state index contributed by atoms with van der Waals surface area (Å²) in [5, 5.41) is 2.01. The molecule has 0 radical (unpaired) electrons. The molecule has 6 rings (SSSR count). The van der Waals surface area contributed by atoms with E-state index >= 15 is 0 Å². The summed E-state index contributed by atoms with van der Waals surface area (Å²) in [6.45, 7) is 3.63. The number of esters is 2. The summed E-state index contributed by atoms with van der Waals surface area (Å²) in [5.41, 5.74) is 1.83. The number of allylic oxidation sites excluding steroid dienone is 1. The first-order chi connectivity index (χ1) is 21.7. The molecule has 45 heavy (non-hydrogen) atoms. The van der Waals surface area contributed by atoms with Gasteiger partial charge in [-0.15, -0.1) is 0 Å². The summed E-state index contributed by atoms with van der Waals surface area (Å²) in [6, 6.07) is 19.0. The van der Waals surface area contributed by atoms with Crippen molar-refractivity contribution in [2.75, 3.05) is 20.8 Å². The molecule has 1 atom stereocenters. The predicted octanol–water partition coefficient (Wildman–Crippen LogP) is 5.66. The number of ether oxygens (including phenoxy) is 3. The van der Waals surface area contributed by atoms with Crippen molar-refractivity contribution in [1.29, 1.82) is 0 Å². The molecule has 0 amide bonds. The Morgan fingerprint density at radius 3 is 2.62 bits per heavy atom. The maximum Gasteiger partial charge on any atom is 0.339 e. The Bertz CT molecular complexity index is 2210. The van der Waals surface area contributed by atoms with E-state index in [0.717, 1.165) is 10.8 Å². The number of aromatic nitrogens is 1. The Morgan fingerprint density at radius 2 is 1.87 bits per heavy atom. The fourth-order valence-corrected chi connectivity index (χ4v) is 6.68. The minimum Gasteiger partial charge on any atom is -0.496 e. The maximum atomic E-state index is 14.2. The predicted molar refractivity (Wildman–Crippen MR) is 171 cm³/mol. The van der Waals surface area contributed by atoms with Crippen LogP contribution in [-0.4, -0.2) is 37.3 Å². The molecule has 0 saturated carbocycles. The molecule has 5 aromatic rings. The largest absolute Gasteiger partial charge is 0.496 e. The van der Waals surface area contributed by atoms with E-state index in [9.17, 15) is 14.4 Å². The van der Waals surface area contributed by atoms with Crippen molar-refractivity contribution in [1.82, 2.24) is 4.57 Å². The molecule has 1 aliphatic rings. The minimum absolute atomic E-state index is 0.162. The van der Waals surface area contributed by atoms with Gasteiger partial charge in [-0.3, -0.25) is 9.36 Å². The highest BCUT2D eigenvalue weighted by molar-refractivity contribution is 7.07. The van der Waals surface area contributed by atoms with Crippen LogP contribution in [0.5, 0.6) is 5.75 Å². The minimum atomic E-state index is -0.860. The smallest absolute Gasteiger partial charge is 0.339 e. The fourth-order valence-electron chi connectivity index (χ4n) is 5.46. The van der Waals surface area contributed by atoms with E-state index in [2.05, 4.69) is 4.99 Å². The summed E-state index contributed by atoms with van der Waals surface area (Å²) in [4.78, 5) is 44.9. The van der Waals surface area contributed by atoms with Crippen LogP contribution in [0.2, 0.25) is 5.02 Å². The molecule has 3 heterocycles. The highest BCUT2D eigenvalue weighted by Gasteiger charge is 2.36. The zero-order valence-electron chi connectivity index (χ0n) is 24.8. The van der Waals surface area contributed by atoms with E-state index in [1.807, 2.05) is 36.4 Å². The second kappa shape index (κ2) is 12.2. The molecule has 9 nitrogen and oxygen atoms in total. The highest BCUT2D eigenvalue weighted by Crippen LogP contribution is 2.40. The number of carbonyl (C=O) groups is 2. The zero-order valence-corrected chi connectivity index (χ0v) is 26.3. The van der Waals surface area contributed by atoms with Crippen LogP contribution in [0.15, 0.2) is 92.2 Å². The number of methoxy groups -OCH3 is 2. The third kappa shape index (κ3) is 5.36. The van der Waals surface area contributed by atoms with Crippen molar-refractivity contribution < 1.29 is 28.2 Å². The number of benzene rings is 3. The van der Waals surface area contributed by atoms with Gasteiger partial charge in [-0.25, -0.2) is 14.6 Å². The number of thiazole rings is 1. The van der Waals surface area contributed by atoms with E-state index in [-0.39, 0.29) is 28.3 Å². The van der Waals surface area contributed by atoms with Gasteiger partial charge in [0, 0.05) is 17.2 Å². The Morgan fingerprint density at radius 1 is 1.07 bits per heavy atom. The van der Waals surface area contributed by atoms with Gasteiger partial charge in [0.1, 0.15) is 23.3 Å². The van der Waals surface area contributed by atoms with Crippen LogP contribution in [0.3, 0.4) is 0 Å². The van der Waals surface area contributed by atoms with Crippen molar-refractivity contribution in [3.63, 3.8) is 0 Å². The van der Waals surface area contributed by atoms with E-state index in [1.54, 1.807) is 57.4 Å². The third-order valence-electron chi connectivity index (χ3n) is 7.50. The van der Waals surface area contributed by atoms with E-state index < -0.39 is 18.0 Å². The molecular weight excluding hydrogens is 616 g/mol. The first-order valence-electron chi connectivity index (χ1n) is 14.0. The third-order valence-corrected chi connectivity index (χ3v) is 8.81. The highest BCUT2D eigenvalue weighted by atomic mass is 35.5. The first kappa shape index (κ1) is 30.1. The van der Waals surface area contributed by atoms with Gasteiger partial charge >= 0.3 is 11.9 Å². The summed E-state index contributed by atoms with van der Waals surface area (Å²) < 4.78 is 24.0. The molecular formula is C34H27ClN2O7S. The van der Waals surface area contributed by atoms with Gasteiger partial charge in [0.05, 0.1) is 47.2 Å². The Balaban J connectivity index is 1.52. The van der Waals surface area contributed by atoms with Crippen LogP contribution < -0.4 is 19.6 Å². The molecule has 0 unspecified atom stereocenters.